The highest BCUT2D eigenvalue weighted by Gasteiger charge is 2.19. The first-order valence-corrected chi connectivity index (χ1v) is 11.3. The second kappa shape index (κ2) is 10.8. The highest BCUT2D eigenvalue weighted by molar-refractivity contribution is 5.68. The van der Waals surface area contributed by atoms with Gasteiger partial charge in [0.1, 0.15) is 0 Å². The lowest BCUT2D eigenvalue weighted by Crippen LogP contribution is -2.46. The highest BCUT2D eigenvalue weighted by atomic mass is 16.7. The molecule has 32 heavy (non-hydrogen) atoms. The van der Waals surface area contributed by atoms with Crippen molar-refractivity contribution in [2.75, 3.05) is 50.8 Å². The van der Waals surface area contributed by atoms with Crippen molar-refractivity contribution in [1.82, 2.24) is 14.9 Å². The molecule has 0 aliphatic carbocycles. The molecule has 2 aliphatic rings. The Balaban J connectivity index is 1.32. The number of benzene rings is 1. The molecular formula is C24H34N6O2. The number of pyridine rings is 1. The van der Waals surface area contributed by atoms with E-state index < -0.39 is 0 Å². The van der Waals surface area contributed by atoms with Crippen molar-refractivity contribution in [1.29, 1.82) is 0 Å². The molecule has 3 heterocycles. The van der Waals surface area contributed by atoms with Gasteiger partial charge in [0.25, 0.3) is 0 Å². The number of piperazine rings is 1. The SMILES string of the molecule is Cc1cc(N2CCN(Cc3ccccn3)CC2)ccc1/C(N)=C/N(N)CC1OCCCO1. The molecule has 1 aromatic heterocycles. The highest BCUT2D eigenvalue weighted by Crippen LogP contribution is 2.24. The van der Waals surface area contributed by atoms with Crippen molar-refractivity contribution in [2.24, 2.45) is 11.6 Å². The summed E-state index contributed by atoms with van der Waals surface area (Å²) in [7, 11) is 0. The van der Waals surface area contributed by atoms with Crippen LogP contribution >= 0.6 is 0 Å². The standard InChI is InChI=1S/C24H34N6O2/c1-19-15-21(29-11-9-28(10-12-29)16-20-5-2-3-8-27-20)6-7-22(19)23(25)17-30(26)18-24-31-13-4-14-32-24/h2-3,5-8,15,17,24H,4,9-14,16,18,25-26H2,1H3/b23-17-. The number of aryl methyl sites for hydroxylation is 1. The molecule has 0 bridgehead atoms. The fourth-order valence-corrected chi connectivity index (χ4v) is 4.17. The van der Waals surface area contributed by atoms with Gasteiger partial charge in [-0.3, -0.25) is 9.88 Å². The first kappa shape index (κ1) is 22.5. The van der Waals surface area contributed by atoms with E-state index in [4.69, 9.17) is 21.1 Å². The van der Waals surface area contributed by atoms with Crippen LogP contribution < -0.4 is 16.5 Å². The zero-order valence-corrected chi connectivity index (χ0v) is 18.8. The van der Waals surface area contributed by atoms with Crippen molar-refractivity contribution >= 4 is 11.4 Å². The number of ether oxygens (including phenoxy) is 2. The number of hydrogen-bond donors (Lipinski definition) is 2. The number of rotatable bonds is 7. The van der Waals surface area contributed by atoms with Crippen LogP contribution in [0.3, 0.4) is 0 Å². The molecular weight excluding hydrogens is 404 g/mol. The summed E-state index contributed by atoms with van der Waals surface area (Å²) in [6.07, 6.45) is 4.22. The van der Waals surface area contributed by atoms with E-state index in [9.17, 15) is 0 Å². The van der Waals surface area contributed by atoms with Gasteiger partial charge in [0.2, 0.25) is 0 Å². The Morgan fingerprint density at radius 2 is 1.94 bits per heavy atom. The predicted octanol–water partition coefficient (Wildman–Crippen LogP) is 1.91. The first-order valence-electron chi connectivity index (χ1n) is 11.3. The van der Waals surface area contributed by atoms with E-state index in [1.54, 1.807) is 11.2 Å². The number of hydrazine groups is 1. The van der Waals surface area contributed by atoms with E-state index in [1.165, 1.54) is 5.69 Å². The Morgan fingerprint density at radius 1 is 1.16 bits per heavy atom. The van der Waals surface area contributed by atoms with Crippen LogP contribution in [0.2, 0.25) is 0 Å². The summed E-state index contributed by atoms with van der Waals surface area (Å²) in [5.41, 5.74) is 11.5. The summed E-state index contributed by atoms with van der Waals surface area (Å²) in [5, 5.41) is 1.54. The predicted molar refractivity (Wildman–Crippen MR) is 126 cm³/mol. The average molecular weight is 439 g/mol. The van der Waals surface area contributed by atoms with Gasteiger partial charge in [0, 0.05) is 56.4 Å². The van der Waals surface area contributed by atoms with Crippen molar-refractivity contribution in [3.05, 3.63) is 65.6 Å². The molecule has 8 heteroatoms. The number of aromatic nitrogens is 1. The van der Waals surface area contributed by atoms with Crippen molar-refractivity contribution in [3.8, 4) is 0 Å². The van der Waals surface area contributed by atoms with Gasteiger partial charge in [-0.1, -0.05) is 12.1 Å². The van der Waals surface area contributed by atoms with Gasteiger partial charge in [-0.15, -0.1) is 0 Å². The van der Waals surface area contributed by atoms with Gasteiger partial charge < -0.3 is 25.1 Å². The topological polar surface area (TPSA) is 93.1 Å². The van der Waals surface area contributed by atoms with Gasteiger partial charge >= 0.3 is 0 Å². The summed E-state index contributed by atoms with van der Waals surface area (Å²) < 4.78 is 11.1. The van der Waals surface area contributed by atoms with Crippen LogP contribution in [0, 0.1) is 6.92 Å². The van der Waals surface area contributed by atoms with Gasteiger partial charge in [-0.05, 0) is 43.2 Å². The number of hydrogen-bond acceptors (Lipinski definition) is 8. The molecule has 0 radical (unpaired) electrons. The largest absolute Gasteiger partial charge is 0.397 e. The molecule has 4 N–H and O–H groups in total. The van der Waals surface area contributed by atoms with E-state index in [-0.39, 0.29) is 6.29 Å². The third kappa shape index (κ3) is 5.98. The maximum Gasteiger partial charge on any atom is 0.176 e. The Kier molecular flexibility index (Phi) is 7.59. The lowest BCUT2D eigenvalue weighted by atomic mass is 10.0. The van der Waals surface area contributed by atoms with E-state index in [0.29, 0.717) is 25.5 Å². The second-order valence-corrected chi connectivity index (χ2v) is 8.39. The molecule has 0 saturated carbocycles. The fraction of sp³-hybridized carbons (Fsp3) is 0.458. The maximum absolute atomic E-state index is 6.35. The van der Waals surface area contributed by atoms with Crippen LogP contribution in [0.1, 0.15) is 23.2 Å². The average Bonchev–Trinajstić information content (AvgIpc) is 2.80. The maximum atomic E-state index is 6.35. The lowest BCUT2D eigenvalue weighted by molar-refractivity contribution is -0.183. The van der Waals surface area contributed by atoms with Crippen molar-refractivity contribution in [2.45, 2.75) is 26.2 Å². The molecule has 2 saturated heterocycles. The molecule has 4 rings (SSSR count). The molecule has 172 valence electrons. The lowest BCUT2D eigenvalue weighted by Gasteiger charge is -2.36. The molecule has 0 atom stereocenters. The van der Waals surface area contributed by atoms with Crippen molar-refractivity contribution in [3.63, 3.8) is 0 Å². The van der Waals surface area contributed by atoms with Crippen molar-refractivity contribution < 1.29 is 9.47 Å². The second-order valence-electron chi connectivity index (χ2n) is 8.39. The third-order valence-electron chi connectivity index (χ3n) is 5.93. The van der Waals surface area contributed by atoms with Crippen LogP contribution in [0.15, 0.2) is 48.8 Å². The molecule has 2 aliphatic heterocycles. The molecule has 2 fully saturated rings. The van der Waals surface area contributed by atoms with Crippen LogP contribution in [-0.4, -0.2) is 67.1 Å². The van der Waals surface area contributed by atoms with Gasteiger partial charge in [-0.2, -0.15) is 0 Å². The third-order valence-corrected chi connectivity index (χ3v) is 5.93. The zero-order valence-electron chi connectivity index (χ0n) is 18.8. The summed E-state index contributed by atoms with van der Waals surface area (Å²) >= 11 is 0. The summed E-state index contributed by atoms with van der Waals surface area (Å²) in [6, 6.07) is 12.5. The minimum atomic E-state index is -0.308. The smallest absolute Gasteiger partial charge is 0.176 e. The molecule has 8 nitrogen and oxygen atoms in total. The molecule has 2 aromatic rings. The monoisotopic (exact) mass is 438 g/mol. The Bertz CT molecular complexity index is 893. The van der Waals surface area contributed by atoms with Crippen LogP contribution in [0.4, 0.5) is 5.69 Å². The number of nitrogens with zero attached hydrogens (tertiary/aromatic N) is 4. The molecule has 0 spiro atoms. The molecule has 1 aromatic carbocycles. The minimum Gasteiger partial charge on any atom is -0.397 e. The Morgan fingerprint density at radius 3 is 2.62 bits per heavy atom. The molecule has 0 unspecified atom stereocenters. The van der Waals surface area contributed by atoms with Gasteiger partial charge in [0.15, 0.2) is 6.29 Å². The molecule has 0 amide bonds. The summed E-state index contributed by atoms with van der Waals surface area (Å²) in [5.74, 6) is 6.11. The van der Waals surface area contributed by atoms with E-state index in [1.807, 2.05) is 18.3 Å². The Labute approximate surface area is 190 Å². The Hall–Kier alpha value is -2.65. The number of nitrogens with two attached hydrogens (primary N) is 2. The zero-order chi connectivity index (χ0) is 22.3. The van der Waals surface area contributed by atoms with Crippen LogP contribution in [0.25, 0.3) is 5.70 Å². The van der Waals surface area contributed by atoms with Gasteiger partial charge in [0.05, 0.1) is 31.1 Å². The first-order chi connectivity index (χ1) is 15.6. The van der Waals surface area contributed by atoms with Crippen LogP contribution in [0.5, 0.6) is 0 Å². The van der Waals surface area contributed by atoms with E-state index in [2.05, 4.69) is 46.0 Å². The van der Waals surface area contributed by atoms with E-state index in [0.717, 1.165) is 56.0 Å². The number of anilines is 1. The fourth-order valence-electron chi connectivity index (χ4n) is 4.17. The summed E-state index contributed by atoms with van der Waals surface area (Å²) in [4.78, 5) is 9.33. The quantitative estimate of drug-likeness (QED) is 0.500. The van der Waals surface area contributed by atoms with Gasteiger partial charge in [-0.25, -0.2) is 5.84 Å². The van der Waals surface area contributed by atoms with Crippen LogP contribution in [-0.2, 0) is 16.0 Å². The minimum absolute atomic E-state index is 0.308. The summed E-state index contributed by atoms with van der Waals surface area (Å²) in [6.45, 7) is 8.88. The normalized spacial score (nSPS) is 18.7. The van der Waals surface area contributed by atoms with E-state index >= 15 is 0 Å².